The molecule has 0 bridgehead atoms. The summed E-state index contributed by atoms with van der Waals surface area (Å²) >= 11 is 0. The van der Waals surface area contributed by atoms with Crippen molar-refractivity contribution in [3.8, 4) is 0 Å². The third-order valence-electron chi connectivity index (χ3n) is 1.98. The molecule has 2 heterocycles. The van der Waals surface area contributed by atoms with Gasteiger partial charge in [-0.25, -0.2) is 4.79 Å². The summed E-state index contributed by atoms with van der Waals surface area (Å²) in [6.45, 7) is 0.915. The summed E-state index contributed by atoms with van der Waals surface area (Å²) in [5.74, 6) is -0.480. The number of rotatable bonds is 2. The minimum atomic E-state index is -0.697. The molecule has 15 heavy (non-hydrogen) atoms. The minimum Gasteiger partial charge on any atom is -0.377 e. The van der Waals surface area contributed by atoms with E-state index in [0.717, 1.165) is 6.07 Å². The van der Waals surface area contributed by atoms with E-state index in [4.69, 9.17) is 4.74 Å². The van der Waals surface area contributed by atoms with Crippen LogP contribution >= 0.6 is 0 Å². The van der Waals surface area contributed by atoms with Crippen LogP contribution in [0.4, 0.5) is 0 Å². The molecule has 0 aliphatic carbocycles. The first-order chi connectivity index (χ1) is 7.15. The van der Waals surface area contributed by atoms with Crippen molar-refractivity contribution in [1.29, 1.82) is 0 Å². The minimum absolute atomic E-state index is 0.0414. The largest absolute Gasteiger partial charge is 0.377 e. The summed E-state index contributed by atoms with van der Waals surface area (Å²) in [7, 11) is 0. The zero-order valence-electron chi connectivity index (χ0n) is 7.70. The maximum atomic E-state index is 11.5. The molecule has 0 radical (unpaired) electrons. The van der Waals surface area contributed by atoms with E-state index in [9.17, 15) is 14.4 Å². The normalized spacial score (nSPS) is 15.7. The number of hydrogen-bond acceptors (Lipinski definition) is 4. The highest BCUT2D eigenvalue weighted by atomic mass is 16.5. The summed E-state index contributed by atoms with van der Waals surface area (Å²) in [6, 6.07) is 0.997. The predicted molar refractivity (Wildman–Crippen MR) is 49.8 cm³/mol. The van der Waals surface area contributed by atoms with Gasteiger partial charge in [0.1, 0.15) is 5.69 Å². The van der Waals surface area contributed by atoms with E-state index in [1.807, 2.05) is 4.98 Å². The Balaban J connectivity index is 2.17. The maximum Gasteiger partial charge on any atom is 0.326 e. The number of nitrogens with one attached hydrogen (secondary N) is 3. The number of H-pyrrole nitrogens is 2. The van der Waals surface area contributed by atoms with Crippen LogP contribution in [0.25, 0.3) is 0 Å². The molecule has 1 amide bonds. The smallest absolute Gasteiger partial charge is 0.326 e. The second kappa shape index (κ2) is 3.70. The average Bonchev–Trinajstić information content (AvgIpc) is 2.09. The summed E-state index contributed by atoms with van der Waals surface area (Å²) in [6.07, 6.45) is 0. The van der Waals surface area contributed by atoms with Crippen molar-refractivity contribution in [2.75, 3.05) is 13.2 Å². The molecule has 2 rings (SSSR count). The third kappa shape index (κ3) is 2.13. The van der Waals surface area contributed by atoms with Gasteiger partial charge < -0.3 is 15.0 Å². The monoisotopic (exact) mass is 211 g/mol. The molecule has 1 aromatic heterocycles. The Kier molecular flexibility index (Phi) is 2.38. The fourth-order valence-corrected chi connectivity index (χ4v) is 1.17. The molecule has 0 unspecified atom stereocenters. The van der Waals surface area contributed by atoms with E-state index in [1.54, 1.807) is 0 Å². The lowest BCUT2D eigenvalue weighted by molar-refractivity contribution is -0.00355. The molecule has 0 saturated carbocycles. The van der Waals surface area contributed by atoms with Gasteiger partial charge in [0, 0.05) is 6.07 Å². The van der Waals surface area contributed by atoms with Crippen molar-refractivity contribution in [2.24, 2.45) is 0 Å². The molecule has 0 atom stereocenters. The molecule has 1 aliphatic heterocycles. The van der Waals surface area contributed by atoms with Crippen LogP contribution in [0.5, 0.6) is 0 Å². The van der Waals surface area contributed by atoms with E-state index in [0.29, 0.717) is 13.2 Å². The Bertz CT molecular complexity index is 457. The quantitative estimate of drug-likeness (QED) is 0.536. The van der Waals surface area contributed by atoms with Crippen LogP contribution in [0.1, 0.15) is 10.5 Å². The highest BCUT2D eigenvalue weighted by Crippen LogP contribution is 2.00. The molecule has 1 saturated heterocycles. The van der Waals surface area contributed by atoms with Gasteiger partial charge in [0.2, 0.25) is 0 Å². The van der Waals surface area contributed by atoms with Gasteiger partial charge in [0.25, 0.3) is 11.5 Å². The summed E-state index contributed by atoms with van der Waals surface area (Å²) < 4.78 is 4.86. The van der Waals surface area contributed by atoms with Gasteiger partial charge in [-0.05, 0) is 0 Å². The van der Waals surface area contributed by atoms with Crippen LogP contribution in [0.15, 0.2) is 15.7 Å². The zero-order valence-corrected chi connectivity index (χ0v) is 7.70. The average molecular weight is 211 g/mol. The first-order valence-corrected chi connectivity index (χ1v) is 4.37. The molecule has 80 valence electrons. The fraction of sp³-hybridized carbons (Fsp3) is 0.375. The number of carbonyl (C=O) groups excluding carboxylic acids is 1. The fourth-order valence-electron chi connectivity index (χ4n) is 1.17. The van der Waals surface area contributed by atoms with Gasteiger partial charge in [-0.15, -0.1) is 0 Å². The van der Waals surface area contributed by atoms with E-state index in [2.05, 4.69) is 10.3 Å². The highest BCUT2D eigenvalue weighted by molar-refractivity contribution is 5.92. The van der Waals surface area contributed by atoms with Crippen molar-refractivity contribution < 1.29 is 9.53 Å². The third-order valence-corrected chi connectivity index (χ3v) is 1.98. The first-order valence-electron chi connectivity index (χ1n) is 4.37. The second-order valence-electron chi connectivity index (χ2n) is 3.21. The Morgan fingerprint density at radius 1 is 1.40 bits per heavy atom. The van der Waals surface area contributed by atoms with Crippen LogP contribution in [0.2, 0.25) is 0 Å². The molecule has 7 heteroatoms. The Labute approximate surface area is 83.5 Å². The van der Waals surface area contributed by atoms with Crippen molar-refractivity contribution in [2.45, 2.75) is 6.04 Å². The SMILES string of the molecule is O=C(NC1COC1)c1cc(=O)[nH]c(=O)[nH]1. The van der Waals surface area contributed by atoms with Crippen molar-refractivity contribution >= 4 is 5.91 Å². The van der Waals surface area contributed by atoms with Crippen molar-refractivity contribution in [3.05, 3.63) is 32.6 Å². The maximum absolute atomic E-state index is 11.5. The molecule has 1 aliphatic rings. The van der Waals surface area contributed by atoms with Crippen molar-refractivity contribution in [3.63, 3.8) is 0 Å². The van der Waals surface area contributed by atoms with Gasteiger partial charge in [0.05, 0.1) is 19.3 Å². The number of carbonyl (C=O) groups is 1. The van der Waals surface area contributed by atoms with Crippen LogP contribution in [-0.4, -0.2) is 35.1 Å². The van der Waals surface area contributed by atoms with Gasteiger partial charge in [-0.2, -0.15) is 0 Å². The highest BCUT2D eigenvalue weighted by Gasteiger charge is 2.21. The lowest BCUT2D eigenvalue weighted by Gasteiger charge is -2.26. The molecule has 1 aromatic rings. The predicted octanol–water partition coefficient (Wildman–Crippen LogP) is -1.81. The number of amides is 1. The Hall–Kier alpha value is -1.89. The Morgan fingerprint density at radius 3 is 2.67 bits per heavy atom. The number of hydrogen-bond donors (Lipinski definition) is 3. The number of aromatic nitrogens is 2. The van der Waals surface area contributed by atoms with Crippen LogP contribution < -0.4 is 16.6 Å². The van der Waals surface area contributed by atoms with E-state index >= 15 is 0 Å². The van der Waals surface area contributed by atoms with Gasteiger partial charge in [-0.1, -0.05) is 0 Å². The summed E-state index contributed by atoms with van der Waals surface area (Å²) in [5.41, 5.74) is -1.35. The molecular weight excluding hydrogens is 202 g/mol. The first kappa shape index (κ1) is 9.66. The molecule has 0 spiro atoms. The molecule has 3 N–H and O–H groups in total. The van der Waals surface area contributed by atoms with E-state index in [1.165, 1.54) is 0 Å². The lowest BCUT2D eigenvalue weighted by atomic mass is 10.2. The standard InChI is InChI=1S/C8H9N3O4/c12-6-1-5(10-8(14)11-6)7(13)9-4-2-15-3-4/h1,4H,2-3H2,(H,9,13)(H2,10,11,12,14). The van der Waals surface area contributed by atoms with Crippen LogP contribution in [0, 0.1) is 0 Å². The zero-order chi connectivity index (χ0) is 10.8. The summed E-state index contributed by atoms with van der Waals surface area (Å²) in [4.78, 5) is 37.4. The molecule has 7 nitrogen and oxygen atoms in total. The van der Waals surface area contributed by atoms with Gasteiger partial charge >= 0.3 is 5.69 Å². The van der Waals surface area contributed by atoms with Crippen LogP contribution in [0.3, 0.4) is 0 Å². The Morgan fingerprint density at radius 2 is 2.13 bits per heavy atom. The number of ether oxygens (including phenoxy) is 1. The topological polar surface area (TPSA) is 104 Å². The molecule has 0 aromatic carbocycles. The molecular formula is C8H9N3O4. The van der Waals surface area contributed by atoms with E-state index in [-0.39, 0.29) is 11.7 Å². The number of aromatic amines is 2. The summed E-state index contributed by atoms with van der Waals surface area (Å²) in [5, 5.41) is 2.60. The van der Waals surface area contributed by atoms with Crippen molar-refractivity contribution in [1.82, 2.24) is 15.3 Å². The molecule has 1 fully saturated rings. The van der Waals surface area contributed by atoms with E-state index < -0.39 is 17.2 Å². The van der Waals surface area contributed by atoms with Gasteiger partial charge in [0.15, 0.2) is 0 Å². The van der Waals surface area contributed by atoms with Crippen LogP contribution in [-0.2, 0) is 4.74 Å². The second-order valence-corrected chi connectivity index (χ2v) is 3.21. The van der Waals surface area contributed by atoms with Gasteiger partial charge in [-0.3, -0.25) is 14.6 Å². The lowest BCUT2D eigenvalue weighted by Crippen LogP contribution is -2.49.